The Kier molecular flexibility index (Phi) is 5.64. The molecule has 0 aliphatic heterocycles. The van der Waals surface area contributed by atoms with Gasteiger partial charge in [0.25, 0.3) is 0 Å². The maximum Gasteiger partial charge on any atom is 0.0819 e. The van der Waals surface area contributed by atoms with Gasteiger partial charge >= 0.3 is 0 Å². The Labute approximate surface area is 118 Å². The van der Waals surface area contributed by atoms with Crippen molar-refractivity contribution in [3.63, 3.8) is 0 Å². The molecule has 0 amide bonds. The van der Waals surface area contributed by atoms with E-state index in [1.807, 2.05) is 36.6 Å². The van der Waals surface area contributed by atoms with Crippen molar-refractivity contribution in [2.45, 2.75) is 37.0 Å². The molecule has 0 heterocycles. The summed E-state index contributed by atoms with van der Waals surface area (Å²) in [6.07, 6.45) is 7.78. The second-order valence-electron chi connectivity index (χ2n) is 5.02. The van der Waals surface area contributed by atoms with Crippen molar-refractivity contribution in [1.29, 1.82) is 0 Å². The van der Waals surface area contributed by atoms with E-state index in [2.05, 4.69) is 0 Å². The molecule has 2 unspecified atom stereocenters. The van der Waals surface area contributed by atoms with E-state index in [-0.39, 0.29) is 0 Å². The van der Waals surface area contributed by atoms with Crippen LogP contribution in [0, 0.1) is 5.92 Å². The molecule has 104 valence electrons. The molecule has 1 aromatic carbocycles. The summed E-state index contributed by atoms with van der Waals surface area (Å²) in [5, 5.41) is 0. The first-order valence-corrected chi connectivity index (χ1v) is 8.28. The van der Waals surface area contributed by atoms with Crippen LogP contribution in [0.3, 0.4) is 0 Å². The minimum Gasteiger partial charge on any atom is -0.504 e. The summed E-state index contributed by atoms with van der Waals surface area (Å²) in [6.45, 7) is 0. The molecular weight excluding hydrogens is 256 g/mol. The quantitative estimate of drug-likeness (QED) is 0.763. The van der Waals surface area contributed by atoms with Crippen LogP contribution in [0.4, 0.5) is 0 Å². The molecule has 0 aromatic heterocycles. The molecule has 3 heteroatoms. The Balaban J connectivity index is 1.90. The fraction of sp³-hybridized carbons (Fsp3) is 0.500. The third kappa shape index (κ3) is 4.20. The average Bonchev–Trinajstić information content (AvgIpc) is 2.47. The highest BCUT2D eigenvalue weighted by atomic mass is 32.2. The molecule has 0 radical (unpaired) electrons. The fourth-order valence-electron chi connectivity index (χ4n) is 2.69. The van der Waals surface area contributed by atoms with E-state index < -0.39 is 10.8 Å². The van der Waals surface area contributed by atoms with Gasteiger partial charge < -0.3 is 4.74 Å². The summed E-state index contributed by atoms with van der Waals surface area (Å²) in [6, 6.07) is 9.75. The van der Waals surface area contributed by atoms with Gasteiger partial charge in [0.2, 0.25) is 0 Å². The summed E-state index contributed by atoms with van der Waals surface area (Å²) in [7, 11) is 0.837. The molecule has 1 saturated carbocycles. The number of ether oxygens (including phenoxy) is 1. The van der Waals surface area contributed by atoms with Crippen molar-refractivity contribution >= 4 is 10.8 Å². The molecule has 19 heavy (non-hydrogen) atoms. The lowest BCUT2D eigenvalue weighted by Gasteiger charge is -2.24. The van der Waals surface area contributed by atoms with E-state index in [0.717, 1.165) is 23.5 Å². The van der Waals surface area contributed by atoms with E-state index in [1.54, 1.807) is 7.11 Å². The monoisotopic (exact) mass is 278 g/mol. The lowest BCUT2D eigenvalue weighted by Crippen LogP contribution is -2.14. The van der Waals surface area contributed by atoms with Crippen molar-refractivity contribution in [3.8, 4) is 0 Å². The van der Waals surface area contributed by atoms with Crippen LogP contribution in [0.1, 0.15) is 32.1 Å². The van der Waals surface area contributed by atoms with Gasteiger partial charge in [-0.05, 0) is 49.3 Å². The Morgan fingerprint density at radius 3 is 2.84 bits per heavy atom. The van der Waals surface area contributed by atoms with Gasteiger partial charge in [-0.2, -0.15) is 0 Å². The molecule has 2 nitrogen and oxygen atoms in total. The maximum absolute atomic E-state index is 12.2. The van der Waals surface area contributed by atoms with Gasteiger partial charge in [0.05, 0.1) is 24.2 Å². The van der Waals surface area contributed by atoms with Crippen molar-refractivity contribution < 1.29 is 8.95 Å². The molecule has 0 N–H and O–H groups in total. The number of hydrogen-bond donors (Lipinski definition) is 0. The Morgan fingerprint density at radius 2 is 2.11 bits per heavy atom. The Hall–Kier alpha value is -1.09. The first kappa shape index (κ1) is 14.3. The summed E-state index contributed by atoms with van der Waals surface area (Å²) in [5.74, 6) is 1.30. The zero-order chi connectivity index (χ0) is 13.5. The highest BCUT2D eigenvalue weighted by Gasteiger charge is 2.20. The summed E-state index contributed by atoms with van der Waals surface area (Å²) < 4.78 is 17.4. The van der Waals surface area contributed by atoms with Crippen LogP contribution in [0.25, 0.3) is 0 Å². The lowest BCUT2D eigenvalue weighted by molar-refractivity contribution is 0.316. The molecular formula is C16H22O2S. The van der Waals surface area contributed by atoms with E-state index in [4.69, 9.17) is 4.74 Å². The molecule has 2 rings (SSSR count). The molecule has 0 bridgehead atoms. The van der Waals surface area contributed by atoms with Crippen LogP contribution < -0.4 is 0 Å². The standard InChI is InChI=1S/C16H22O2S/c1-18-13-15-8-6-5-7-14(15)11-12-19(17)16-9-3-2-4-10-16/h2-4,9-10,13-14H,5-8,11-12H2,1H3/b15-13+. The van der Waals surface area contributed by atoms with Gasteiger partial charge in [-0.25, -0.2) is 0 Å². The SMILES string of the molecule is CO/C=C1\CCCCC1CCS(=O)c1ccccc1. The number of rotatable bonds is 5. The van der Waals surface area contributed by atoms with Crippen LogP contribution in [0.15, 0.2) is 47.1 Å². The Morgan fingerprint density at radius 1 is 1.32 bits per heavy atom. The highest BCUT2D eigenvalue weighted by Crippen LogP contribution is 2.32. The lowest BCUT2D eigenvalue weighted by atomic mass is 9.83. The maximum atomic E-state index is 12.2. The largest absolute Gasteiger partial charge is 0.504 e. The zero-order valence-corrected chi connectivity index (χ0v) is 12.3. The molecule has 1 aliphatic carbocycles. The van der Waals surface area contributed by atoms with Gasteiger partial charge in [0, 0.05) is 10.6 Å². The van der Waals surface area contributed by atoms with Crippen molar-refractivity contribution in [2.24, 2.45) is 5.92 Å². The van der Waals surface area contributed by atoms with E-state index in [9.17, 15) is 4.21 Å². The molecule has 1 fully saturated rings. The summed E-state index contributed by atoms with van der Waals surface area (Å²) in [4.78, 5) is 0.940. The van der Waals surface area contributed by atoms with Crippen molar-refractivity contribution in [3.05, 3.63) is 42.2 Å². The molecule has 0 spiro atoms. The average molecular weight is 278 g/mol. The number of benzene rings is 1. The van der Waals surface area contributed by atoms with E-state index in [1.165, 1.54) is 24.8 Å². The van der Waals surface area contributed by atoms with Crippen molar-refractivity contribution in [2.75, 3.05) is 12.9 Å². The second-order valence-corrected chi connectivity index (χ2v) is 6.59. The molecule has 1 aromatic rings. The fourth-order valence-corrected chi connectivity index (χ4v) is 3.88. The predicted molar refractivity (Wildman–Crippen MR) is 79.4 cm³/mol. The van der Waals surface area contributed by atoms with Gasteiger partial charge in [-0.3, -0.25) is 4.21 Å². The van der Waals surface area contributed by atoms with Gasteiger partial charge in [-0.15, -0.1) is 0 Å². The zero-order valence-electron chi connectivity index (χ0n) is 11.5. The van der Waals surface area contributed by atoms with E-state index >= 15 is 0 Å². The molecule has 2 atom stereocenters. The van der Waals surface area contributed by atoms with Gasteiger partial charge in [0.1, 0.15) is 0 Å². The summed E-state index contributed by atoms with van der Waals surface area (Å²) in [5.41, 5.74) is 1.40. The number of hydrogen-bond acceptors (Lipinski definition) is 2. The van der Waals surface area contributed by atoms with Gasteiger partial charge in [0.15, 0.2) is 0 Å². The third-order valence-corrected chi connectivity index (χ3v) is 5.12. The molecule has 0 saturated heterocycles. The molecule has 1 aliphatic rings. The first-order chi connectivity index (χ1) is 9.31. The highest BCUT2D eigenvalue weighted by molar-refractivity contribution is 7.85. The smallest absolute Gasteiger partial charge is 0.0819 e. The number of methoxy groups -OCH3 is 1. The normalized spacial score (nSPS) is 23.2. The van der Waals surface area contributed by atoms with Crippen LogP contribution in [0.2, 0.25) is 0 Å². The third-order valence-electron chi connectivity index (χ3n) is 3.72. The van der Waals surface area contributed by atoms with Crippen LogP contribution >= 0.6 is 0 Å². The topological polar surface area (TPSA) is 26.3 Å². The van der Waals surface area contributed by atoms with Gasteiger partial charge in [-0.1, -0.05) is 24.6 Å². The van der Waals surface area contributed by atoms with Crippen LogP contribution in [-0.2, 0) is 15.5 Å². The second kappa shape index (κ2) is 7.49. The minimum atomic E-state index is -0.872. The predicted octanol–water partition coefficient (Wildman–Crippen LogP) is 3.90. The summed E-state index contributed by atoms with van der Waals surface area (Å²) >= 11 is 0. The number of allylic oxidation sites excluding steroid dienone is 1. The first-order valence-electron chi connectivity index (χ1n) is 6.96. The van der Waals surface area contributed by atoms with E-state index in [0.29, 0.717) is 5.92 Å². The Bertz CT molecular complexity index is 439. The van der Waals surface area contributed by atoms with Crippen molar-refractivity contribution in [1.82, 2.24) is 0 Å². The van der Waals surface area contributed by atoms with Crippen LogP contribution in [0.5, 0.6) is 0 Å². The minimum absolute atomic E-state index is 0.557. The van der Waals surface area contributed by atoms with Crippen LogP contribution in [-0.4, -0.2) is 17.1 Å².